The molecule has 21 heavy (non-hydrogen) atoms. The van der Waals surface area contributed by atoms with Crippen molar-refractivity contribution >= 4 is 35.3 Å². The molecule has 2 aliphatic rings. The number of hydrogen-bond donors (Lipinski definition) is 0. The number of nitrogens with zero attached hydrogens (tertiary/aromatic N) is 2. The molecule has 1 atom stereocenters. The number of ether oxygens (including phenoxy) is 2. The lowest BCUT2D eigenvalue weighted by atomic mass is 10.2. The highest BCUT2D eigenvalue weighted by atomic mass is 32.2. The summed E-state index contributed by atoms with van der Waals surface area (Å²) in [5, 5.41) is 0. The second-order valence-electron chi connectivity index (χ2n) is 4.86. The van der Waals surface area contributed by atoms with Crippen LogP contribution in [-0.4, -0.2) is 90.8 Å². The van der Waals surface area contributed by atoms with Crippen LogP contribution in [0.2, 0.25) is 0 Å². The normalized spacial score (nSPS) is 22.6. The van der Waals surface area contributed by atoms with Crippen LogP contribution in [-0.2, 0) is 19.1 Å². The molecule has 0 aromatic rings. The lowest BCUT2D eigenvalue weighted by Crippen LogP contribution is -2.51. The quantitative estimate of drug-likeness (QED) is 0.644. The van der Waals surface area contributed by atoms with E-state index in [1.165, 1.54) is 0 Å². The van der Waals surface area contributed by atoms with E-state index in [0.29, 0.717) is 24.8 Å². The second-order valence-corrected chi connectivity index (χ2v) is 7.09. The summed E-state index contributed by atoms with van der Waals surface area (Å²) < 4.78 is 10.1. The van der Waals surface area contributed by atoms with Crippen LogP contribution >= 0.6 is 23.5 Å². The Morgan fingerprint density at radius 3 is 2.67 bits per heavy atom. The van der Waals surface area contributed by atoms with Gasteiger partial charge in [-0.15, -0.1) is 11.8 Å². The van der Waals surface area contributed by atoms with Gasteiger partial charge in [-0.05, 0) is 0 Å². The number of carbonyl (C=O) groups is 2. The summed E-state index contributed by atoms with van der Waals surface area (Å²) >= 11 is 3.50. The zero-order valence-corrected chi connectivity index (χ0v) is 13.9. The van der Waals surface area contributed by atoms with Gasteiger partial charge in [-0.2, -0.15) is 11.8 Å². The maximum absolute atomic E-state index is 12.5. The van der Waals surface area contributed by atoms with Gasteiger partial charge in [-0.3, -0.25) is 9.59 Å². The van der Waals surface area contributed by atoms with Crippen molar-refractivity contribution in [2.45, 2.75) is 6.04 Å². The molecule has 8 heteroatoms. The van der Waals surface area contributed by atoms with Crippen LogP contribution in [0.15, 0.2) is 0 Å². The zero-order valence-electron chi connectivity index (χ0n) is 12.3. The molecule has 0 aromatic heterocycles. The minimum Gasteiger partial charge on any atom is -0.382 e. The summed E-state index contributed by atoms with van der Waals surface area (Å²) in [4.78, 5) is 28.3. The molecule has 0 saturated carbocycles. The SMILES string of the molecule is COCCOCC(=O)N1CSC[C@@H]1C(=O)N1CCSCC1. The number of methoxy groups -OCH3 is 1. The molecule has 0 spiro atoms. The van der Waals surface area contributed by atoms with Crippen molar-refractivity contribution in [2.75, 3.05) is 63.2 Å². The molecule has 2 rings (SSSR count). The Bertz CT molecular complexity index is 364. The molecular weight excluding hydrogens is 312 g/mol. The molecular formula is C13H22N2O4S2. The Morgan fingerprint density at radius 2 is 1.95 bits per heavy atom. The molecule has 0 aliphatic carbocycles. The number of carbonyl (C=O) groups excluding carboxylic acids is 2. The van der Waals surface area contributed by atoms with Crippen molar-refractivity contribution in [2.24, 2.45) is 0 Å². The Labute approximate surface area is 133 Å². The van der Waals surface area contributed by atoms with Crippen LogP contribution in [0.25, 0.3) is 0 Å². The van der Waals surface area contributed by atoms with Gasteiger partial charge in [0.2, 0.25) is 11.8 Å². The van der Waals surface area contributed by atoms with Gasteiger partial charge >= 0.3 is 0 Å². The molecule has 2 aliphatic heterocycles. The van der Waals surface area contributed by atoms with Crippen LogP contribution in [0, 0.1) is 0 Å². The minimum atomic E-state index is -0.323. The fourth-order valence-electron chi connectivity index (χ4n) is 2.27. The lowest BCUT2D eigenvalue weighted by Gasteiger charge is -2.31. The molecule has 0 unspecified atom stereocenters. The average Bonchev–Trinajstić information content (AvgIpc) is 3.01. The predicted octanol–water partition coefficient (Wildman–Crippen LogP) is 0.126. The van der Waals surface area contributed by atoms with Crippen LogP contribution in [0.1, 0.15) is 0 Å². The maximum atomic E-state index is 12.5. The highest BCUT2D eigenvalue weighted by Gasteiger charge is 2.37. The molecule has 2 heterocycles. The lowest BCUT2D eigenvalue weighted by molar-refractivity contribution is -0.145. The predicted molar refractivity (Wildman–Crippen MR) is 84.6 cm³/mol. The van der Waals surface area contributed by atoms with Gasteiger partial charge in [0.05, 0.1) is 19.1 Å². The first-order valence-corrected chi connectivity index (χ1v) is 9.35. The minimum absolute atomic E-state index is 0.0174. The summed E-state index contributed by atoms with van der Waals surface area (Å²) in [5.41, 5.74) is 0. The van der Waals surface area contributed by atoms with Crippen molar-refractivity contribution in [3.63, 3.8) is 0 Å². The number of thioether (sulfide) groups is 2. The van der Waals surface area contributed by atoms with Crippen molar-refractivity contribution in [3.8, 4) is 0 Å². The Kier molecular flexibility index (Phi) is 7.15. The van der Waals surface area contributed by atoms with Gasteiger partial charge in [0, 0.05) is 37.5 Å². The maximum Gasteiger partial charge on any atom is 0.249 e. The van der Waals surface area contributed by atoms with Gasteiger partial charge in [0.1, 0.15) is 12.6 Å². The van der Waals surface area contributed by atoms with Crippen molar-refractivity contribution in [3.05, 3.63) is 0 Å². The molecule has 2 fully saturated rings. The Hall–Kier alpha value is -0.440. The molecule has 6 nitrogen and oxygen atoms in total. The molecule has 0 N–H and O–H groups in total. The van der Waals surface area contributed by atoms with Crippen molar-refractivity contribution in [1.29, 1.82) is 0 Å². The third-order valence-corrected chi connectivity index (χ3v) is 5.42. The molecule has 0 aromatic carbocycles. The van der Waals surface area contributed by atoms with Crippen molar-refractivity contribution < 1.29 is 19.1 Å². The molecule has 0 radical (unpaired) electrons. The molecule has 0 bridgehead atoms. The van der Waals surface area contributed by atoms with E-state index in [2.05, 4.69) is 0 Å². The number of amides is 2. The zero-order chi connectivity index (χ0) is 15.1. The van der Waals surface area contributed by atoms with Crippen LogP contribution in [0.3, 0.4) is 0 Å². The van der Waals surface area contributed by atoms with Gasteiger partial charge in [-0.25, -0.2) is 0 Å². The van der Waals surface area contributed by atoms with E-state index in [4.69, 9.17) is 9.47 Å². The number of rotatable bonds is 6. The van der Waals surface area contributed by atoms with E-state index in [1.54, 1.807) is 23.8 Å². The first kappa shape index (κ1) is 16.9. The van der Waals surface area contributed by atoms with Gasteiger partial charge in [0.15, 0.2) is 0 Å². The van der Waals surface area contributed by atoms with E-state index in [1.807, 2.05) is 16.7 Å². The van der Waals surface area contributed by atoms with Crippen LogP contribution < -0.4 is 0 Å². The van der Waals surface area contributed by atoms with E-state index < -0.39 is 0 Å². The summed E-state index contributed by atoms with van der Waals surface area (Å²) in [7, 11) is 1.59. The Morgan fingerprint density at radius 1 is 1.19 bits per heavy atom. The highest BCUT2D eigenvalue weighted by Crippen LogP contribution is 2.23. The molecule has 2 amide bonds. The highest BCUT2D eigenvalue weighted by molar-refractivity contribution is 7.99. The third-order valence-electron chi connectivity index (χ3n) is 3.47. The largest absolute Gasteiger partial charge is 0.382 e. The molecule has 120 valence electrons. The summed E-state index contributed by atoms with van der Waals surface area (Å²) in [6.07, 6.45) is 0. The average molecular weight is 334 g/mol. The van der Waals surface area contributed by atoms with Crippen molar-refractivity contribution in [1.82, 2.24) is 9.80 Å². The fraction of sp³-hybridized carbons (Fsp3) is 0.846. The van der Waals surface area contributed by atoms with E-state index in [-0.39, 0.29) is 24.5 Å². The monoisotopic (exact) mass is 334 g/mol. The first-order valence-electron chi connectivity index (χ1n) is 7.04. The summed E-state index contributed by atoms with van der Waals surface area (Å²) in [6, 6.07) is -0.323. The smallest absolute Gasteiger partial charge is 0.249 e. The van der Waals surface area contributed by atoms with Gasteiger partial charge in [0.25, 0.3) is 0 Å². The van der Waals surface area contributed by atoms with E-state index in [9.17, 15) is 9.59 Å². The molecule has 2 saturated heterocycles. The first-order chi connectivity index (χ1) is 10.2. The van der Waals surface area contributed by atoms with Crippen LogP contribution in [0.4, 0.5) is 0 Å². The summed E-state index contributed by atoms with van der Waals surface area (Å²) in [6.45, 7) is 2.46. The standard InChI is InChI=1S/C13H22N2O4S2/c1-18-4-5-19-8-12(16)15-10-21-9-11(15)13(17)14-2-6-20-7-3-14/h11H,2-10H2,1H3/t11-/m1/s1. The number of hydrogen-bond acceptors (Lipinski definition) is 6. The Balaban J connectivity index is 1.83. The van der Waals surface area contributed by atoms with E-state index >= 15 is 0 Å². The van der Waals surface area contributed by atoms with Crippen LogP contribution in [0.5, 0.6) is 0 Å². The second kappa shape index (κ2) is 8.87. The van der Waals surface area contributed by atoms with Gasteiger partial charge < -0.3 is 19.3 Å². The third kappa shape index (κ3) is 4.77. The topological polar surface area (TPSA) is 59.1 Å². The summed E-state index contributed by atoms with van der Waals surface area (Å²) in [5.74, 6) is 3.21. The van der Waals surface area contributed by atoms with Gasteiger partial charge in [-0.1, -0.05) is 0 Å². The van der Waals surface area contributed by atoms with E-state index in [0.717, 1.165) is 24.6 Å². The fourth-order valence-corrected chi connectivity index (χ4v) is 4.35.